The minimum atomic E-state index is -0.983. The van der Waals surface area contributed by atoms with Crippen LogP contribution in [0.25, 0.3) is 10.9 Å². The first-order chi connectivity index (χ1) is 10.7. The number of carbonyl (C=O) groups is 1. The van der Waals surface area contributed by atoms with Gasteiger partial charge in [0.05, 0.1) is 23.2 Å². The third-order valence-corrected chi connectivity index (χ3v) is 4.17. The smallest absolute Gasteiger partial charge is 0.175 e. The standard InChI is InChI=1S/C18H13NO3/c20-14-9-10-5-1-4-8-13(10)19-16(14)15-17(21)11-6-2-3-7-12(11)18(15)22/h1-9,15,17,20-21H. The number of para-hydroxylation sites is 1. The van der Waals surface area contributed by atoms with Gasteiger partial charge in [0.2, 0.25) is 0 Å². The Kier molecular flexibility index (Phi) is 2.74. The summed E-state index contributed by atoms with van der Waals surface area (Å²) in [5, 5.41) is 21.5. The summed E-state index contributed by atoms with van der Waals surface area (Å²) in [5.41, 5.74) is 2.00. The van der Waals surface area contributed by atoms with Crippen molar-refractivity contribution < 1.29 is 15.0 Å². The van der Waals surface area contributed by atoms with E-state index >= 15 is 0 Å². The minimum Gasteiger partial charge on any atom is -0.506 e. The van der Waals surface area contributed by atoms with Gasteiger partial charge >= 0.3 is 0 Å². The van der Waals surface area contributed by atoms with E-state index in [0.717, 1.165) is 5.39 Å². The molecule has 1 heterocycles. The molecule has 1 aliphatic rings. The molecule has 22 heavy (non-hydrogen) atoms. The van der Waals surface area contributed by atoms with Crippen LogP contribution in [0.3, 0.4) is 0 Å². The van der Waals surface area contributed by atoms with E-state index in [1.165, 1.54) is 0 Å². The Hall–Kier alpha value is -2.72. The molecule has 3 aromatic rings. The maximum absolute atomic E-state index is 12.6. The quantitative estimate of drug-likeness (QED) is 0.723. The number of nitrogens with zero attached hydrogens (tertiary/aromatic N) is 1. The monoisotopic (exact) mass is 291 g/mol. The van der Waals surface area contributed by atoms with Gasteiger partial charge in [0.15, 0.2) is 5.78 Å². The molecular weight excluding hydrogens is 278 g/mol. The Morgan fingerprint density at radius 1 is 1.00 bits per heavy atom. The van der Waals surface area contributed by atoms with Crippen LogP contribution in [-0.4, -0.2) is 21.0 Å². The molecule has 0 radical (unpaired) electrons. The molecular formula is C18H13NO3. The number of aliphatic hydroxyl groups is 1. The van der Waals surface area contributed by atoms with Gasteiger partial charge in [-0.1, -0.05) is 42.5 Å². The first-order valence-electron chi connectivity index (χ1n) is 7.06. The summed E-state index contributed by atoms with van der Waals surface area (Å²) in [6.07, 6.45) is -0.983. The number of hydrogen-bond donors (Lipinski definition) is 2. The third kappa shape index (κ3) is 1.74. The highest BCUT2D eigenvalue weighted by Gasteiger charge is 2.41. The predicted octanol–water partition coefficient (Wildman–Crippen LogP) is 2.95. The van der Waals surface area contributed by atoms with Gasteiger partial charge in [-0.15, -0.1) is 0 Å². The minimum absolute atomic E-state index is 0.0658. The van der Waals surface area contributed by atoms with Crippen LogP contribution < -0.4 is 0 Å². The molecule has 2 aromatic carbocycles. The first-order valence-corrected chi connectivity index (χ1v) is 7.06. The summed E-state index contributed by atoms with van der Waals surface area (Å²) >= 11 is 0. The van der Waals surface area contributed by atoms with Crippen molar-refractivity contribution >= 4 is 16.7 Å². The highest BCUT2D eigenvalue weighted by atomic mass is 16.3. The molecule has 0 aliphatic heterocycles. The molecule has 0 saturated carbocycles. The van der Waals surface area contributed by atoms with Gasteiger partial charge in [-0.25, -0.2) is 4.98 Å². The molecule has 4 nitrogen and oxygen atoms in total. The fourth-order valence-electron chi connectivity index (χ4n) is 3.09. The Morgan fingerprint density at radius 3 is 2.55 bits per heavy atom. The Morgan fingerprint density at radius 2 is 1.73 bits per heavy atom. The van der Waals surface area contributed by atoms with Gasteiger partial charge in [0, 0.05) is 10.9 Å². The molecule has 1 aliphatic carbocycles. The van der Waals surface area contributed by atoms with E-state index < -0.39 is 12.0 Å². The number of Topliss-reactive ketones (excluding diaryl/α,β-unsaturated/α-hetero) is 1. The molecule has 0 saturated heterocycles. The fraction of sp³-hybridized carbons (Fsp3) is 0.111. The van der Waals surface area contributed by atoms with Crippen LogP contribution >= 0.6 is 0 Å². The summed E-state index contributed by atoms with van der Waals surface area (Å²) in [5.74, 6) is -1.13. The highest BCUT2D eigenvalue weighted by molar-refractivity contribution is 6.06. The van der Waals surface area contributed by atoms with Gasteiger partial charge in [-0.2, -0.15) is 0 Å². The van der Waals surface area contributed by atoms with Crippen LogP contribution in [-0.2, 0) is 0 Å². The molecule has 2 atom stereocenters. The zero-order chi connectivity index (χ0) is 15.3. The van der Waals surface area contributed by atoms with Gasteiger partial charge in [-0.3, -0.25) is 4.79 Å². The van der Waals surface area contributed by atoms with E-state index in [1.807, 2.05) is 24.3 Å². The lowest BCUT2D eigenvalue weighted by Gasteiger charge is -2.15. The molecule has 0 fully saturated rings. The number of hydrogen-bond acceptors (Lipinski definition) is 4. The number of ketones is 1. The predicted molar refractivity (Wildman–Crippen MR) is 81.9 cm³/mol. The summed E-state index contributed by atoms with van der Waals surface area (Å²) in [7, 11) is 0. The van der Waals surface area contributed by atoms with Gasteiger partial charge < -0.3 is 10.2 Å². The lowest BCUT2D eigenvalue weighted by atomic mass is 9.96. The number of aromatic hydroxyl groups is 1. The van der Waals surface area contributed by atoms with Crippen molar-refractivity contribution in [1.29, 1.82) is 0 Å². The topological polar surface area (TPSA) is 70.4 Å². The number of benzene rings is 2. The Balaban J connectivity index is 1.90. The van der Waals surface area contributed by atoms with Crippen LogP contribution in [0.1, 0.15) is 33.6 Å². The lowest BCUT2D eigenvalue weighted by Crippen LogP contribution is -2.13. The van der Waals surface area contributed by atoms with Crippen LogP contribution in [0.4, 0.5) is 0 Å². The van der Waals surface area contributed by atoms with Crippen molar-refractivity contribution in [3.05, 3.63) is 71.4 Å². The van der Waals surface area contributed by atoms with Gasteiger partial charge in [0.25, 0.3) is 0 Å². The molecule has 2 N–H and O–H groups in total. The molecule has 2 unspecified atom stereocenters. The number of rotatable bonds is 1. The first kappa shape index (κ1) is 13.0. The van der Waals surface area contributed by atoms with Crippen LogP contribution in [0, 0.1) is 0 Å². The summed E-state index contributed by atoms with van der Waals surface area (Å²) in [6.45, 7) is 0. The molecule has 4 rings (SSSR count). The zero-order valence-electron chi connectivity index (χ0n) is 11.6. The van der Waals surface area contributed by atoms with Crippen LogP contribution in [0.15, 0.2) is 54.6 Å². The normalized spacial score (nSPS) is 20.3. The van der Waals surface area contributed by atoms with Crippen molar-refractivity contribution in [2.75, 3.05) is 0 Å². The Labute approximate surface area is 126 Å². The van der Waals surface area contributed by atoms with E-state index in [2.05, 4.69) is 4.98 Å². The molecule has 0 bridgehead atoms. The van der Waals surface area contributed by atoms with E-state index in [0.29, 0.717) is 16.6 Å². The van der Waals surface area contributed by atoms with Crippen molar-refractivity contribution in [3.8, 4) is 5.75 Å². The van der Waals surface area contributed by atoms with Crippen molar-refractivity contribution in [3.63, 3.8) is 0 Å². The van der Waals surface area contributed by atoms with Gasteiger partial charge in [0.1, 0.15) is 5.75 Å². The number of fused-ring (bicyclic) bond motifs is 2. The summed E-state index contributed by atoms with van der Waals surface area (Å²) < 4.78 is 0. The zero-order valence-corrected chi connectivity index (χ0v) is 11.6. The van der Waals surface area contributed by atoms with Crippen molar-refractivity contribution in [2.24, 2.45) is 0 Å². The van der Waals surface area contributed by atoms with E-state index in [1.54, 1.807) is 30.3 Å². The second-order valence-corrected chi connectivity index (χ2v) is 5.46. The molecule has 108 valence electrons. The average molecular weight is 291 g/mol. The van der Waals surface area contributed by atoms with Crippen LogP contribution in [0.5, 0.6) is 5.75 Å². The molecule has 0 spiro atoms. The lowest BCUT2D eigenvalue weighted by molar-refractivity contribution is 0.0865. The SMILES string of the molecule is O=C1c2ccccc2C(O)C1c1nc2ccccc2cc1O. The summed E-state index contributed by atoms with van der Waals surface area (Å²) in [6, 6.07) is 15.9. The fourth-order valence-corrected chi connectivity index (χ4v) is 3.09. The number of carbonyl (C=O) groups excluding carboxylic acids is 1. The van der Waals surface area contributed by atoms with Crippen molar-refractivity contribution in [2.45, 2.75) is 12.0 Å². The number of aromatic nitrogens is 1. The molecule has 4 heteroatoms. The third-order valence-electron chi connectivity index (χ3n) is 4.17. The molecule has 0 amide bonds. The Bertz CT molecular complexity index is 904. The van der Waals surface area contributed by atoms with E-state index in [4.69, 9.17) is 0 Å². The summed E-state index contributed by atoms with van der Waals surface area (Å²) in [4.78, 5) is 17.0. The maximum atomic E-state index is 12.6. The second kappa shape index (κ2) is 4.64. The van der Waals surface area contributed by atoms with E-state index in [-0.39, 0.29) is 17.2 Å². The highest BCUT2D eigenvalue weighted by Crippen LogP contribution is 2.44. The van der Waals surface area contributed by atoms with Gasteiger partial charge in [-0.05, 0) is 17.7 Å². The largest absolute Gasteiger partial charge is 0.506 e. The second-order valence-electron chi connectivity index (χ2n) is 5.46. The molecule has 1 aromatic heterocycles. The van der Waals surface area contributed by atoms with E-state index in [9.17, 15) is 15.0 Å². The number of aliphatic hydroxyl groups excluding tert-OH is 1. The average Bonchev–Trinajstić information content (AvgIpc) is 2.79. The van der Waals surface area contributed by atoms with Crippen molar-refractivity contribution in [1.82, 2.24) is 4.98 Å². The maximum Gasteiger partial charge on any atom is 0.175 e. The van der Waals surface area contributed by atoms with Crippen LogP contribution in [0.2, 0.25) is 0 Å². The number of pyridine rings is 1.